The van der Waals surface area contributed by atoms with E-state index >= 15 is 0 Å². The smallest absolute Gasteiger partial charge is 0.224 e. The van der Waals surface area contributed by atoms with E-state index in [1.165, 1.54) is 0 Å². The highest BCUT2D eigenvalue weighted by molar-refractivity contribution is 5.93. The zero-order valence-corrected chi connectivity index (χ0v) is 12.5. The zero-order chi connectivity index (χ0) is 15.6. The van der Waals surface area contributed by atoms with Gasteiger partial charge in [-0.3, -0.25) is 4.79 Å². The molecule has 2 aromatic heterocycles. The maximum atomic E-state index is 12.1. The van der Waals surface area contributed by atoms with Crippen LogP contribution in [0.15, 0.2) is 54.7 Å². The second-order valence-electron chi connectivity index (χ2n) is 5.53. The van der Waals surface area contributed by atoms with Crippen LogP contribution in [0.5, 0.6) is 0 Å². The van der Waals surface area contributed by atoms with E-state index in [1.54, 1.807) is 0 Å². The molecule has 2 aromatic carbocycles. The summed E-state index contributed by atoms with van der Waals surface area (Å²) in [7, 11) is 0. The number of imidazole rings is 1. The Bertz CT molecular complexity index is 950. The largest absolute Gasteiger partial charge is 0.361 e. The summed E-state index contributed by atoms with van der Waals surface area (Å²) in [5.41, 5.74) is 3.75. The molecule has 2 heterocycles. The van der Waals surface area contributed by atoms with Gasteiger partial charge < -0.3 is 15.3 Å². The number of hydrogen-bond donors (Lipinski definition) is 3. The molecule has 0 saturated heterocycles. The Kier molecular flexibility index (Phi) is 3.31. The molecule has 1 amide bonds. The summed E-state index contributed by atoms with van der Waals surface area (Å²) in [6.07, 6.45) is 2.87. The third-order valence-corrected chi connectivity index (χ3v) is 3.87. The molecule has 4 aromatic rings. The lowest BCUT2D eigenvalue weighted by atomic mass is 10.2. The number of H-pyrrole nitrogens is 2. The van der Waals surface area contributed by atoms with Gasteiger partial charge in [-0.05, 0) is 35.7 Å². The monoisotopic (exact) mass is 304 g/mol. The molecule has 4 rings (SSSR count). The molecule has 0 aliphatic rings. The van der Waals surface area contributed by atoms with Crippen LogP contribution in [-0.4, -0.2) is 20.9 Å². The average molecular weight is 304 g/mol. The molecule has 23 heavy (non-hydrogen) atoms. The molecule has 0 bridgehead atoms. The van der Waals surface area contributed by atoms with Crippen molar-refractivity contribution in [2.24, 2.45) is 0 Å². The molecule has 0 fully saturated rings. The molecule has 5 heteroatoms. The van der Waals surface area contributed by atoms with Crippen LogP contribution in [0.1, 0.15) is 12.2 Å². The number of nitrogens with zero attached hydrogens (tertiary/aromatic N) is 1. The minimum atomic E-state index is -0.0173. The van der Waals surface area contributed by atoms with Crippen LogP contribution >= 0.6 is 0 Å². The highest BCUT2D eigenvalue weighted by atomic mass is 16.1. The number of anilines is 1. The van der Waals surface area contributed by atoms with Gasteiger partial charge in [0.2, 0.25) is 5.91 Å². The number of para-hydroxylation sites is 2. The predicted molar refractivity (Wildman–Crippen MR) is 91.3 cm³/mol. The van der Waals surface area contributed by atoms with Gasteiger partial charge in [0.05, 0.1) is 11.0 Å². The number of hydrogen-bond acceptors (Lipinski definition) is 2. The number of rotatable bonds is 4. The molecule has 3 N–H and O–H groups in total. The first kappa shape index (κ1) is 13.6. The number of aromatic nitrogens is 3. The number of carbonyl (C=O) groups is 1. The number of carbonyl (C=O) groups excluding carboxylic acids is 1. The molecule has 0 radical (unpaired) electrons. The van der Waals surface area contributed by atoms with E-state index in [4.69, 9.17) is 0 Å². The Hall–Kier alpha value is -3.08. The Balaban J connectivity index is 1.41. The fourth-order valence-electron chi connectivity index (χ4n) is 2.71. The minimum Gasteiger partial charge on any atom is -0.361 e. The minimum absolute atomic E-state index is 0.0173. The SMILES string of the molecule is O=C(CCc1nc2ccccc2[nH]1)Nc1ccc2cc[nH]c2c1. The van der Waals surface area contributed by atoms with E-state index < -0.39 is 0 Å². The molecule has 5 nitrogen and oxygen atoms in total. The van der Waals surface area contributed by atoms with Crippen molar-refractivity contribution in [3.63, 3.8) is 0 Å². The van der Waals surface area contributed by atoms with Crippen LogP contribution in [0.2, 0.25) is 0 Å². The van der Waals surface area contributed by atoms with Crippen LogP contribution in [0, 0.1) is 0 Å². The van der Waals surface area contributed by atoms with Crippen LogP contribution in [0.3, 0.4) is 0 Å². The van der Waals surface area contributed by atoms with Gasteiger partial charge >= 0.3 is 0 Å². The number of aryl methyl sites for hydroxylation is 1. The number of nitrogens with one attached hydrogen (secondary N) is 3. The quantitative estimate of drug-likeness (QED) is 0.539. The van der Waals surface area contributed by atoms with E-state index in [9.17, 15) is 4.79 Å². The molecule has 0 aliphatic heterocycles. The summed E-state index contributed by atoms with van der Waals surface area (Å²) in [6, 6.07) is 15.7. The van der Waals surface area contributed by atoms with Gasteiger partial charge in [0, 0.05) is 30.2 Å². The highest BCUT2D eigenvalue weighted by Crippen LogP contribution is 2.18. The van der Waals surface area contributed by atoms with E-state index in [2.05, 4.69) is 20.3 Å². The summed E-state index contributed by atoms with van der Waals surface area (Å²) in [5, 5.41) is 4.06. The van der Waals surface area contributed by atoms with Crippen LogP contribution < -0.4 is 5.32 Å². The van der Waals surface area contributed by atoms with Gasteiger partial charge in [-0.1, -0.05) is 18.2 Å². The van der Waals surface area contributed by atoms with Crippen molar-refractivity contribution in [1.82, 2.24) is 15.0 Å². The maximum absolute atomic E-state index is 12.1. The second kappa shape index (κ2) is 5.61. The second-order valence-corrected chi connectivity index (χ2v) is 5.53. The van der Waals surface area contributed by atoms with Gasteiger partial charge in [0.25, 0.3) is 0 Å². The van der Waals surface area contributed by atoms with E-state index in [0.29, 0.717) is 12.8 Å². The summed E-state index contributed by atoms with van der Waals surface area (Å²) in [6.45, 7) is 0. The normalized spacial score (nSPS) is 11.1. The molecule has 0 aliphatic carbocycles. The van der Waals surface area contributed by atoms with Crippen molar-refractivity contribution < 1.29 is 4.79 Å². The average Bonchev–Trinajstić information content (AvgIpc) is 3.18. The lowest BCUT2D eigenvalue weighted by molar-refractivity contribution is -0.116. The van der Waals surface area contributed by atoms with Crippen molar-refractivity contribution in [2.45, 2.75) is 12.8 Å². The zero-order valence-electron chi connectivity index (χ0n) is 12.5. The highest BCUT2D eigenvalue weighted by Gasteiger charge is 2.07. The Labute approximate surface area is 132 Å². The third kappa shape index (κ3) is 2.81. The van der Waals surface area contributed by atoms with Crippen LogP contribution in [-0.2, 0) is 11.2 Å². The van der Waals surface area contributed by atoms with E-state index in [1.807, 2.05) is 54.7 Å². The molecule has 0 atom stereocenters. The molecule has 114 valence electrons. The van der Waals surface area contributed by atoms with Crippen molar-refractivity contribution in [3.8, 4) is 0 Å². The van der Waals surface area contributed by atoms with Crippen LogP contribution in [0.4, 0.5) is 5.69 Å². The first-order valence-electron chi connectivity index (χ1n) is 7.58. The summed E-state index contributed by atoms with van der Waals surface area (Å²) in [5.74, 6) is 0.817. The summed E-state index contributed by atoms with van der Waals surface area (Å²) < 4.78 is 0. The molecule has 0 unspecified atom stereocenters. The van der Waals surface area contributed by atoms with Crippen molar-refractivity contribution in [1.29, 1.82) is 0 Å². The lowest BCUT2D eigenvalue weighted by Gasteiger charge is -2.04. The van der Waals surface area contributed by atoms with E-state index in [-0.39, 0.29) is 5.91 Å². The van der Waals surface area contributed by atoms with Gasteiger partial charge in [-0.25, -0.2) is 4.98 Å². The van der Waals surface area contributed by atoms with Gasteiger partial charge in [0.1, 0.15) is 5.82 Å². The summed E-state index contributed by atoms with van der Waals surface area (Å²) >= 11 is 0. The fourth-order valence-corrected chi connectivity index (χ4v) is 2.71. The number of fused-ring (bicyclic) bond motifs is 2. The van der Waals surface area contributed by atoms with Crippen molar-refractivity contribution in [3.05, 3.63) is 60.6 Å². The van der Waals surface area contributed by atoms with Gasteiger partial charge in [-0.15, -0.1) is 0 Å². The Morgan fingerprint density at radius 1 is 1.09 bits per heavy atom. The molecule has 0 saturated carbocycles. The lowest BCUT2D eigenvalue weighted by Crippen LogP contribution is -2.12. The summed E-state index contributed by atoms with van der Waals surface area (Å²) in [4.78, 5) is 23.0. The first-order chi connectivity index (χ1) is 11.3. The maximum Gasteiger partial charge on any atom is 0.224 e. The molecular weight excluding hydrogens is 288 g/mol. The Morgan fingerprint density at radius 3 is 2.91 bits per heavy atom. The fraction of sp³-hybridized carbons (Fsp3) is 0.111. The standard InChI is InChI=1S/C18H16N4O/c23-18(20-13-6-5-12-9-10-19-16(12)11-13)8-7-17-21-14-3-1-2-4-15(14)22-17/h1-6,9-11,19H,7-8H2,(H,20,23)(H,21,22). The first-order valence-corrected chi connectivity index (χ1v) is 7.58. The molecule has 0 spiro atoms. The third-order valence-electron chi connectivity index (χ3n) is 3.87. The van der Waals surface area contributed by atoms with Crippen molar-refractivity contribution >= 4 is 33.5 Å². The Morgan fingerprint density at radius 2 is 2.00 bits per heavy atom. The van der Waals surface area contributed by atoms with Crippen LogP contribution in [0.25, 0.3) is 21.9 Å². The van der Waals surface area contributed by atoms with Gasteiger partial charge in [0.15, 0.2) is 0 Å². The number of aromatic amines is 2. The van der Waals surface area contributed by atoms with Gasteiger partial charge in [-0.2, -0.15) is 0 Å². The predicted octanol–water partition coefficient (Wildman–Crippen LogP) is 3.62. The van der Waals surface area contributed by atoms with Crippen molar-refractivity contribution in [2.75, 3.05) is 5.32 Å². The molecular formula is C18H16N4O. The topological polar surface area (TPSA) is 73.6 Å². The number of benzene rings is 2. The van der Waals surface area contributed by atoms with E-state index in [0.717, 1.165) is 33.4 Å². The number of amides is 1.